The van der Waals surface area contributed by atoms with Crippen molar-refractivity contribution in [2.45, 2.75) is 0 Å². The predicted molar refractivity (Wildman–Crippen MR) is 17.9 cm³/mol. The van der Waals surface area contributed by atoms with Crippen LogP contribution in [0.4, 0.5) is 0 Å². The average Bonchev–Trinajstić information content (AvgIpc) is 1.00. The maximum atomic E-state index is 8.33. The maximum absolute atomic E-state index is 8.33. The minimum absolute atomic E-state index is 0. The fourth-order valence-electron chi connectivity index (χ4n) is 0. The van der Waals surface area contributed by atoms with E-state index in [0.29, 0.717) is 19.8 Å². The molecule has 0 aliphatic heterocycles. The first-order chi connectivity index (χ1) is 1.00. The summed E-state index contributed by atoms with van der Waals surface area (Å²) in [5, 5.41) is 0. The molecule has 16 valence electrons. The summed E-state index contributed by atoms with van der Waals surface area (Å²) in [7, 11) is 0. The molecule has 0 aromatic heterocycles. The number of hydrogen-bond acceptors (Lipinski definition) is 1. The van der Waals surface area contributed by atoms with Gasteiger partial charge in [-0.05, 0) is 0 Å². The zero-order chi connectivity index (χ0) is 2.00. The fraction of sp³-hybridized carbons (Fsp3) is 0. The largest absolute Gasteiger partial charge is 0 e. The molecular formula is KNaOSrW. The minimum atomic E-state index is 0. The Kier molecular flexibility index (Phi) is 106. The molecule has 0 aliphatic carbocycles. The Morgan fingerprint density at radius 1 is 1.20 bits per heavy atom. The average molecular weight is 350 g/mol. The smallest absolute Gasteiger partial charge is 0 e. The van der Waals surface area contributed by atoms with Crippen molar-refractivity contribution in [1.29, 1.82) is 0 Å². The van der Waals surface area contributed by atoms with Crippen molar-refractivity contribution in [3.8, 4) is 0 Å². The molecule has 1 nitrogen and oxygen atoms in total. The SMILES string of the molecule is [K].[Na].[O]=[W].[Sr]. The molecule has 4 radical (unpaired) electrons. The molecule has 0 bridgehead atoms. The third-order valence-corrected chi connectivity index (χ3v) is 0. The van der Waals surface area contributed by atoms with Gasteiger partial charge < -0.3 is 0 Å². The van der Waals surface area contributed by atoms with Crippen LogP contribution in [0.1, 0.15) is 0 Å². The van der Waals surface area contributed by atoms with E-state index in [1.54, 1.807) is 0 Å². The van der Waals surface area contributed by atoms with Crippen molar-refractivity contribution in [3.63, 3.8) is 0 Å². The summed E-state index contributed by atoms with van der Waals surface area (Å²) in [4.78, 5) is 0. The van der Waals surface area contributed by atoms with Gasteiger partial charge in [0.15, 0.2) is 0 Å². The standard InChI is InChI=1S/K.Na.O.Sr.W. The molecule has 0 amide bonds. The summed E-state index contributed by atoms with van der Waals surface area (Å²) >= 11 is 0.333. The van der Waals surface area contributed by atoms with Gasteiger partial charge in [0.25, 0.3) is 0 Å². The first-order valence-corrected chi connectivity index (χ1v) is 1.36. The minimum Gasteiger partial charge on any atom is 0 e. The Morgan fingerprint density at radius 3 is 1.20 bits per heavy atom. The van der Waals surface area contributed by atoms with E-state index in [4.69, 9.17) is 3.40 Å². The molecule has 0 spiro atoms. The van der Waals surface area contributed by atoms with Crippen LogP contribution in [0, 0.1) is 0 Å². The Balaban J connectivity index is -0.00000000167. The van der Waals surface area contributed by atoms with Gasteiger partial charge in [0.2, 0.25) is 0 Å². The summed E-state index contributed by atoms with van der Waals surface area (Å²) < 4.78 is 8.33. The molecule has 0 aromatic rings. The molecule has 0 aromatic carbocycles. The molecule has 0 saturated heterocycles. The molecular weight excluding hydrogens is 350 g/mol. The van der Waals surface area contributed by atoms with Crippen LogP contribution in [0.25, 0.3) is 0 Å². The van der Waals surface area contributed by atoms with Crippen LogP contribution >= 0.6 is 0 Å². The van der Waals surface area contributed by atoms with Crippen molar-refractivity contribution in [2.75, 3.05) is 0 Å². The second-order valence-corrected chi connectivity index (χ2v) is 0. The molecule has 0 saturated carbocycles. The van der Waals surface area contributed by atoms with Crippen LogP contribution in [0.15, 0.2) is 0 Å². The van der Waals surface area contributed by atoms with Gasteiger partial charge in [0, 0.05) is 126 Å². The normalized spacial score (nSPS) is 0.800. The summed E-state index contributed by atoms with van der Waals surface area (Å²) in [6.45, 7) is 0. The van der Waals surface area contributed by atoms with Crippen molar-refractivity contribution in [1.82, 2.24) is 0 Å². The van der Waals surface area contributed by atoms with E-state index in [0.717, 1.165) is 0 Å². The molecule has 5 heavy (non-hydrogen) atoms. The van der Waals surface area contributed by atoms with Crippen LogP contribution < -0.4 is 0 Å². The summed E-state index contributed by atoms with van der Waals surface area (Å²) in [6, 6.07) is 0. The van der Waals surface area contributed by atoms with Crippen LogP contribution in [0.2, 0.25) is 0 Å². The van der Waals surface area contributed by atoms with Gasteiger partial charge in [-0.2, -0.15) is 0 Å². The maximum Gasteiger partial charge on any atom is 0 e. The molecule has 0 rings (SSSR count). The monoisotopic (exact) mass is 350 g/mol. The molecule has 0 atom stereocenters. The summed E-state index contributed by atoms with van der Waals surface area (Å²) in [6.07, 6.45) is 0. The van der Waals surface area contributed by atoms with E-state index in [1.165, 1.54) is 0 Å². The quantitative estimate of drug-likeness (QED) is 0.499. The van der Waals surface area contributed by atoms with Crippen LogP contribution in [-0.4, -0.2) is 126 Å². The van der Waals surface area contributed by atoms with Gasteiger partial charge in [0.1, 0.15) is 0 Å². The zero-order valence-electron chi connectivity index (χ0n) is 3.52. The van der Waals surface area contributed by atoms with Gasteiger partial charge >= 0.3 is 23.2 Å². The summed E-state index contributed by atoms with van der Waals surface area (Å²) in [5.41, 5.74) is 0. The van der Waals surface area contributed by atoms with E-state index in [-0.39, 0.29) is 126 Å². The first kappa shape index (κ1) is 22.6. The first-order valence-electron chi connectivity index (χ1n) is 0.167. The number of rotatable bonds is 0. The number of hydrogen-bond donors (Lipinski definition) is 0. The van der Waals surface area contributed by atoms with Crippen LogP contribution in [0.3, 0.4) is 0 Å². The van der Waals surface area contributed by atoms with Crippen LogP contribution in [-0.2, 0) is 23.2 Å². The summed E-state index contributed by atoms with van der Waals surface area (Å²) in [5.74, 6) is 0. The molecule has 0 fully saturated rings. The topological polar surface area (TPSA) is 17.1 Å². The predicted octanol–water partition coefficient (Wildman–Crippen LogP) is -1.26. The van der Waals surface area contributed by atoms with E-state index < -0.39 is 0 Å². The van der Waals surface area contributed by atoms with Crippen molar-refractivity contribution < 1.29 is 23.2 Å². The van der Waals surface area contributed by atoms with Crippen LogP contribution in [0.5, 0.6) is 0 Å². The molecule has 0 N–H and O–H groups in total. The third-order valence-electron chi connectivity index (χ3n) is 0. The fourth-order valence-corrected chi connectivity index (χ4v) is 0. The van der Waals surface area contributed by atoms with E-state index in [9.17, 15) is 0 Å². The third kappa shape index (κ3) is 17.7. The Bertz CT molecular complexity index is 11.6. The zero-order valence-corrected chi connectivity index (χ0v) is 15.1. The Morgan fingerprint density at radius 2 is 1.20 bits per heavy atom. The molecule has 5 heteroatoms. The molecule has 0 heterocycles. The van der Waals surface area contributed by atoms with Crippen molar-refractivity contribution >= 4 is 126 Å². The molecule has 0 aliphatic rings. The van der Waals surface area contributed by atoms with E-state index >= 15 is 0 Å². The van der Waals surface area contributed by atoms with Crippen molar-refractivity contribution in [2.24, 2.45) is 0 Å². The van der Waals surface area contributed by atoms with Gasteiger partial charge in [-0.3, -0.25) is 0 Å². The van der Waals surface area contributed by atoms with E-state index in [2.05, 4.69) is 0 Å². The van der Waals surface area contributed by atoms with Gasteiger partial charge in [-0.25, -0.2) is 0 Å². The molecule has 0 unspecified atom stereocenters. The second kappa shape index (κ2) is 23.5. The van der Waals surface area contributed by atoms with Gasteiger partial charge in [-0.15, -0.1) is 0 Å². The van der Waals surface area contributed by atoms with E-state index in [1.807, 2.05) is 0 Å². The second-order valence-electron chi connectivity index (χ2n) is 0. The van der Waals surface area contributed by atoms with Gasteiger partial charge in [-0.1, -0.05) is 0 Å². The Labute approximate surface area is 145 Å². The van der Waals surface area contributed by atoms with Crippen molar-refractivity contribution in [3.05, 3.63) is 0 Å². The Hall–Kier alpha value is 4.61. The van der Waals surface area contributed by atoms with Gasteiger partial charge in [0.05, 0.1) is 0 Å².